The third kappa shape index (κ3) is 2.82. The Morgan fingerprint density at radius 1 is 1.50 bits per heavy atom. The number of hydrogen-bond donors (Lipinski definition) is 1. The van der Waals surface area contributed by atoms with Gasteiger partial charge in [-0.25, -0.2) is 0 Å². The van der Waals surface area contributed by atoms with Crippen LogP contribution in [-0.2, 0) is 17.8 Å². The monoisotopic (exact) mass is 212 g/mol. The van der Waals surface area contributed by atoms with E-state index in [0.29, 0.717) is 6.42 Å². The van der Waals surface area contributed by atoms with Crippen molar-refractivity contribution in [3.05, 3.63) is 34.9 Å². The lowest BCUT2D eigenvalue weighted by Gasteiger charge is -2.05. The van der Waals surface area contributed by atoms with Crippen molar-refractivity contribution in [1.82, 2.24) is 0 Å². The number of alkyl halides is 1. The lowest BCUT2D eigenvalue weighted by Crippen LogP contribution is -2.05. The Kier molecular flexibility index (Phi) is 4.11. The minimum Gasteiger partial charge on any atom is -0.392 e. The first-order valence-electron chi connectivity index (χ1n) is 4.44. The molecule has 0 aliphatic heterocycles. The predicted octanol–water partition coefficient (Wildman–Crippen LogP) is 1.84. The molecule has 0 radical (unpaired) electrons. The molecule has 0 heterocycles. The van der Waals surface area contributed by atoms with E-state index in [2.05, 4.69) is 0 Å². The predicted molar refractivity (Wildman–Crippen MR) is 56.5 cm³/mol. The molecular weight excluding hydrogens is 200 g/mol. The Morgan fingerprint density at radius 3 is 2.79 bits per heavy atom. The molecular formula is C11H13ClO2. The summed E-state index contributed by atoms with van der Waals surface area (Å²) in [5, 5.41) is 8.93. The molecule has 0 unspecified atom stereocenters. The SMILES string of the molecule is Cc1ccc(CO)cc1CC(=O)CCl. The molecule has 0 saturated carbocycles. The minimum atomic E-state index is 0.00233. The van der Waals surface area contributed by atoms with Crippen molar-refractivity contribution in [2.75, 3.05) is 5.88 Å². The van der Waals surface area contributed by atoms with Crippen molar-refractivity contribution in [3.8, 4) is 0 Å². The zero-order chi connectivity index (χ0) is 10.6. The fourth-order valence-electron chi connectivity index (χ4n) is 1.27. The molecule has 2 nitrogen and oxygen atoms in total. The van der Waals surface area contributed by atoms with Crippen LogP contribution in [0, 0.1) is 6.92 Å². The van der Waals surface area contributed by atoms with E-state index in [9.17, 15) is 4.79 Å². The van der Waals surface area contributed by atoms with Gasteiger partial charge in [0.2, 0.25) is 0 Å². The summed E-state index contributed by atoms with van der Waals surface area (Å²) in [6.45, 7) is 1.94. The number of rotatable bonds is 4. The number of benzene rings is 1. The van der Waals surface area contributed by atoms with E-state index >= 15 is 0 Å². The minimum absolute atomic E-state index is 0.00233. The fourth-order valence-corrected chi connectivity index (χ4v) is 1.37. The summed E-state index contributed by atoms with van der Waals surface area (Å²) in [6, 6.07) is 5.60. The van der Waals surface area contributed by atoms with Gasteiger partial charge < -0.3 is 5.11 Å². The average Bonchev–Trinajstić information content (AvgIpc) is 2.21. The van der Waals surface area contributed by atoms with Gasteiger partial charge in [0.15, 0.2) is 5.78 Å². The van der Waals surface area contributed by atoms with Crippen molar-refractivity contribution < 1.29 is 9.90 Å². The van der Waals surface area contributed by atoms with Crippen LogP contribution in [0.4, 0.5) is 0 Å². The molecule has 1 aromatic carbocycles. The highest BCUT2D eigenvalue weighted by Gasteiger charge is 2.05. The molecule has 14 heavy (non-hydrogen) atoms. The smallest absolute Gasteiger partial charge is 0.151 e. The molecule has 0 atom stereocenters. The van der Waals surface area contributed by atoms with Crippen LogP contribution in [0.2, 0.25) is 0 Å². The van der Waals surface area contributed by atoms with Gasteiger partial charge in [-0.2, -0.15) is 0 Å². The van der Waals surface area contributed by atoms with E-state index < -0.39 is 0 Å². The van der Waals surface area contributed by atoms with Crippen molar-refractivity contribution in [3.63, 3.8) is 0 Å². The van der Waals surface area contributed by atoms with Crippen molar-refractivity contribution >= 4 is 17.4 Å². The second-order valence-electron chi connectivity index (χ2n) is 3.27. The highest BCUT2D eigenvalue weighted by atomic mass is 35.5. The molecule has 0 aromatic heterocycles. The maximum Gasteiger partial charge on any atom is 0.151 e. The molecule has 0 amide bonds. The molecule has 0 saturated heterocycles. The molecule has 1 aromatic rings. The van der Waals surface area contributed by atoms with Gasteiger partial charge in [-0.3, -0.25) is 4.79 Å². The van der Waals surface area contributed by atoms with Gasteiger partial charge in [-0.15, -0.1) is 11.6 Å². The first kappa shape index (κ1) is 11.2. The Hall–Kier alpha value is -0.860. The highest BCUT2D eigenvalue weighted by Crippen LogP contribution is 2.12. The molecule has 1 N–H and O–H groups in total. The van der Waals surface area contributed by atoms with Crippen molar-refractivity contribution in [2.24, 2.45) is 0 Å². The van der Waals surface area contributed by atoms with Crippen molar-refractivity contribution in [2.45, 2.75) is 20.0 Å². The van der Waals surface area contributed by atoms with Crippen LogP contribution < -0.4 is 0 Å². The third-order valence-corrected chi connectivity index (χ3v) is 2.43. The van der Waals surface area contributed by atoms with Crippen LogP contribution in [0.15, 0.2) is 18.2 Å². The Bertz CT molecular complexity index is 334. The lowest BCUT2D eigenvalue weighted by atomic mass is 10.0. The second-order valence-corrected chi connectivity index (χ2v) is 3.54. The number of Topliss-reactive ketones (excluding diaryl/α,β-unsaturated/α-hetero) is 1. The van der Waals surface area contributed by atoms with Gasteiger partial charge in [0.1, 0.15) is 0 Å². The molecule has 76 valence electrons. The quantitative estimate of drug-likeness (QED) is 0.774. The Labute approximate surface area is 88.5 Å². The van der Waals surface area contributed by atoms with Gasteiger partial charge in [-0.05, 0) is 23.6 Å². The number of hydrogen-bond acceptors (Lipinski definition) is 2. The number of ketones is 1. The molecule has 0 spiro atoms. The van der Waals surface area contributed by atoms with E-state index in [1.165, 1.54) is 0 Å². The first-order chi connectivity index (χ1) is 6.67. The zero-order valence-electron chi connectivity index (χ0n) is 8.09. The molecule has 3 heteroatoms. The largest absolute Gasteiger partial charge is 0.392 e. The topological polar surface area (TPSA) is 37.3 Å². The van der Waals surface area contributed by atoms with E-state index in [1.807, 2.05) is 25.1 Å². The summed E-state index contributed by atoms with van der Waals surface area (Å²) in [5.41, 5.74) is 2.83. The third-order valence-electron chi connectivity index (χ3n) is 2.13. The van der Waals surface area contributed by atoms with Gasteiger partial charge in [0.25, 0.3) is 0 Å². The number of aliphatic hydroxyl groups excluding tert-OH is 1. The fraction of sp³-hybridized carbons (Fsp3) is 0.364. The van der Waals surface area contributed by atoms with E-state index in [0.717, 1.165) is 16.7 Å². The van der Waals surface area contributed by atoms with E-state index in [4.69, 9.17) is 16.7 Å². The second kappa shape index (κ2) is 5.13. The summed E-state index contributed by atoms with van der Waals surface area (Å²) in [5.74, 6) is 0.0489. The number of aliphatic hydroxyl groups is 1. The zero-order valence-corrected chi connectivity index (χ0v) is 8.84. The number of carbonyl (C=O) groups excluding carboxylic acids is 1. The average molecular weight is 213 g/mol. The van der Waals surface area contributed by atoms with Gasteiger partial charge in [0, 0.05) is 6.42 Å². The number of halogens is 1. The Morgan fingerprint density at radius 2 is 2.21 bits per heavy atom. The van der Waals surface area contributed by atoms with Crippen LogP contribution in [0.25, 0.3) is 0 Å². The van der Waals surface area contributed by atoms with Crippen LogP contribution in [-0.4, -0.2) is 16.8 Å². The highest BCUT2D eigenvalue weighted by molar-refractivity contribution is 6.27. The molecule has 0 bridgehead atoms. The number of aryl methyl sites for hydroxylation is 1. The standard InChI is InChI=1S/C11H13ClO2/c1-8-2-3-9(7-13)4-10(8)5-11(14)6-12/h2-4,13H,5-7H2,1H3. The number of carbonyl (C=O) groups is 1. The van der Waals surface area contributed by atoms with Gasteiger partial charge in [0.05, 0.1) is 12.5 Å². The molecule has 1 rings (SSSR count). The van der Waals surface area contributed by atoms with Gasteiger partial charge >= 0.3 is 0 Å². The van der Waals surface area contributed by atoms with Gasteiger partial charge in [-0.1, -0.05) is 18.2 Å². The van der Waals surface area contributed by atoms with E-state index in [-0.39, 0.29) is 18.3 Å². The van der Waals surface area contributed by atoms with E-state index in [1.54, 1.807) is 0 Å². The first-order valence-corrected chi connectivity index (χ1v) is 4.97. The maximum absolute atomic E-state index is 11.1. The van der Waals surface area contributed by atoms with Crippen molar-refractivity contribution in [1.29, 1.82) is 0 Å². The summed E-state index contributed by atoms with van der Waals surface area (Å²) >= 11 is 5.43. The maximum atomic E-state index is 11.1. The lowest BCUT2D eigenvalue weighted by molar-refractivity contribution is -0.116. The van der Waals surface area contributed by atoms with Crippen LogP contribution in [0.5, 0.6) is 0 Å². The summed E-state index contributed by atoms with van der Waals surface area (Å²) in [7, 11) is 0. The molecule has 0 aliphatic carbocycles. The normalized spacial score (nSPS) is 10.2. The summed E-state index contributed by atoms with van der Waals surface area (Å²) < 4.78 is 0. The van der Waals surface area contributed by atoms with Crippen LogP contribution in [0.3, 0.4) is 0 Å². The molecule has 0 aliphatic rings. The van der Waals surface area contributed by atoms with Crippen LogP contribution in [0.1, 0.15) is 16.7 Å². The Balaban J connectivity index is 2.89. The molecule has 0 fully saturated rings. The summed E-state index contributed by atoms with van der Waals surface area (Å²) in [4.78, 5) is 11.1. The summed E-state index contributed by atoms with van der Waals surface area (Å²) in [6.07, 6.45) is 0.350. The van der Waals surface area contributed by atoms with Crippen LogP contribution >= 0.6 is 11.6 Å².